The predicted octanol–water partition coefficient (Wildman–Crippen LogP) is 3.54. The average Bonchev–Trinajstić information content (AvgIpc) is 2.35. The van der Waals surface area contributed by atoms with Crippen LogP contribution in [0.25, 0.3) is 11.5 Å². The first kappa shape index (κ1) is 13.5. The Morgan fingerprint density at radius 1 is 1.39 bits per heavy atom. The van der Waals surface area contributed by atoms with Crippen LogP contribution in [0, 0.1) is 10.5 Å². The highest BCUT2D eigenvalue weighted by Crippen LogP contribution is 2.26. The molecule has 0 radical (unpaired) electrons. The van der Waals surface area contributed by atoms with E-state index in [0.717, 1.165) is 21.6 Å². The summed E-state index contributed by atoms with van der Waals surface area (Å²) in [4.78, 5) is 13.2. The zero-order valence-electron chi connectivity index (χ0n) is 10.0. The van der Waals surface area contributed by atoms with Crippen molar-refractivity contribution in [2.45, 2.75) is 13.8 Å². The Morgan fingerprint density at radius 2 is 2.17 bits per heavy atom. The number of anilines is 1. The number of nitrogens with one attached hydrogen (secondary N) is 1. The van der Waals surface area contributed by atoms with Crippen molar-refractivity contribution in [2.24, 2.45) is 0 Å². The standard InChI is InChI=1S/C12H12ClIN4/c1-3-15-11-9(14)7(2)17-12(18-11)10-8(13)5-4-6-16-10/h4-6H,3H2,1-2H3,(H,15,17,18). The summed E-state index contributed by atoms with van der Waals surface area (Å²) in [5.41, 5.74) is 1.52. The van der Waals surface area contributed by atoms with Crippen LogP contribution in [0.4, 0.5) is 5.82 Å². The zero-order chi connectivity index (χ0) is 13.1. The van der Waals surface area contributed by atoms with Gasteiger partial charge in [0, 0.05) is 12.7 Å². The molecule has 0 amide bonds. The Labute approximate surface area is 124 Å². The summed E-state index contributed by atoms with van der Waals surface area (Å²) in [6.07, 6.45) is 1.69. The summed E-state index contributed by atoms with van der Waals surface area (Å²) in [6.45, 7) is 4.79. The largest absolute Gasteiger partial charge is 0.369 e. The van der Waals surface area contributed by atoms with Crippen LogP contribution >= 0.6 is 34.2 Å². The van der Waals surface area contributed by atoms with E-state index in [9.17, 15) is 0 Å². The fourth-order valence-electron chi connectivity index (χ4n) is 1.50. The highest BCUT2D eigenvalue weighted by Gasteiger charge is 2.13. The third kappa shape index (κ3) is 2.72. The summed E-state index contributed by atoms with van der Waals surface area (Å²) < 4.78 is 1.02. The van der Waals surface area contributed by atoms with Gasteiger partial charge in [0.15, 0.2) is 5.82 Å². The van der Waals surface area contributed by atoms with Crippen molar-refractivity contribution in [3.63, 3.8) is 0 Å². The quantitative estimate of drug-likeness (QED) is 0.835. The molecule has 0 aliphatic carbocycles. The molecule has 0 aliphatic heterocycles. The Balaban J connectivity index is 2.56. The molecular formula is C12H12ClIN4. The third-order valence-electron chi connectivity index (χ3n) is 2.33. The highest BCUT2D eigenvalue weighted by atomic mass is 127. The molecule has 0 saturated heterocycles. The van der Waals surface area contributed by atoms with Gasteiger partial charge in [-0.15, -0.1) is 0 Å². The number of nitrogens with zero attached hydrogens (tertiary/aromatic N) is 3. The summed E-state index contributed by atoms with van der Waals surface area (Å²) in [6, 6.07) is 3.57. The first-order valence-electron chi connectivity index (χ1n) is 5.52. The number of rotatable bonds is 3. The van der Waals surface area contributed by atoms with E-state index in [0.29, 0.717) is 16.5 Å². The molecular weight excluding hydrogens is 363 g/mol. The van der Waals surface area contributed by atoms with Crippen LogP contribution in [-0.2, 0) is 0 Å². The van der Waals surface area contributed by atoms with Crippen molar-refractivity contribution in [1.82, 2.24) is 15.0 Å². The number of aromatic nitrogens is 3. The van der Waals surface area contributed by atoms with E-state index >= 15 is 0 Å². The Bertz CT molecular complexity index is 574. The second-order valence-corrected chi connectivity index (χ2v) is 5.15. The fourth-order valence-corrected chi connectivity index (χ4v) is 2.14. The van der Waals surface area contributed by atoms with Gasteiger partial charge >= 0.3 is 0 Å². The summed E-state index contributed by atoms with van der Waals surface area (Å²) in [5.74, 6) is 1.37. The highest BCUT2D eigenvalue weighted by molar-refractivity contribution is 14.1. The van der Waals surface area contributed by atoms with Gasteiger partial charge in [0.1, 0.15) is 11.5 Å². The van der Waals surface area contributed by atoms with E-state index in [4.69, 9.17) is 11.6 Å². The molecule has 4 nitrogen and oxygen atoms in total. The van der Waals surface area contributed by atoms with Crippen LogP contribution < -0.4 is 5.32 Å². The third-order valence-corrected chi connectivity index (χ3v) is 3.93. The molecule has 0 aromatic carbocycles. The Hall–Kier alpha value is -0.950. The second kappa shape index (κ2) is 5.79. The average molecular weight is 375 g/mol. The predicted molar refractivity (Wildman–Crippen MR) is 81.9 cm³/mol. The van der Waals surface area contributed by atoms with Crippen LogP contribution in [-0.4, -0.2) is 21.5 Å². The SMILES string of the molecule is CCNc1nc(-c2ncccc2Cl)nc(C)c1I. The van der Waals surface area contributed by atoms with E-state index < -0.39 is 0 Å². The van der Waals surface area contributed by atoms with Crippen molar-refractivity contribution in [2.75, 3.05) is 11.9 Å². The van der Waals surface area contributed by atoms with Gasteiger partial charge in [-0.2, -0.15) is 0 Å². The van der Waals surface area contributed by atoms with Gasteiger partial charge in [-0.3, -0.25) is 4.98 Å². The lowest BCUT2D eigenvalue weighted by atomic mass is 10.3. The Kier molecular flexibility index (Phi) is 4.34. The summed E-state index contributed by atoms with van der Waals surface area (Å²) >= 11 is 8.35. The first-order valence-corrected chi connectivity index (χ1v) is 6.98. The molecule has 2 aromatic heterocycles. The van der Waals surface area contributed by atoms with E-state index in [1.54, 1.807) is 18.3 Å². The monoisotopic (exact) mass is 374 g/mol. The van der Waals surface area contributed by atoms with Gasteiger partial charge in [0.2, 0.25) is 0 Å². The van der Waals surface area contributed by atoms with Gasteiger partial charge in [-0.1, -0.05) is 11.6 Å². The number of aryl methyl sites for hydroxylation is 1. The second-order valence-electron chi connectivity index (χ2n) is 3.66. The number of halogens is 2. The van der Waals surface area contributed by atoms with E-state index in [-0.39, 0.29) is 0 Å². The van der Waals surface area contributed by atoms with E-state index in [2.05, 4.69) is 42.9 Å². The van der Waals surface area contributed by atoms with Crippen molar-refractivity contribution in [3.8, 4) is 11.5 Å². The molecule has 94 valence electrons. The van der Waals surface area contributed by atoms with Gasteiger partial charge in [0.25, 0.3) is 0 Å². The molecule has 2 rings (SSSR count). The topological polar surface area (TPSA) is 50.7 Å². The molecule has 0 aliphatic rings. The van der Waals surface area contributed by atoms with Crippen LogP contribution in [0.2, 0.25) is 5.02 Å². The molecule has 0 spiro atoms. The smallest absolute Gasteiger partial charge is 0.182 e. The minimum absolute atomic E-state index is 0.550. The molecule has 18 heavy (non-hydrogen) atoms. The van der Waals surface area contributed by atoms with Crippen molar-refractivity contribution >= 4 is 40.0 Å². The van der Waals surface area contributed by atoms with Crippen LogP contribution in [0.3, 0.4) is 0 Å². The molecule has 0 bridgehead atoms. The number of hydrogen-bond donors (Lipinski definition) is 1. The van der Waals surface area contributed by atoms with Crippen LogP contribution in [0.15, 0.2) is 18.3 Å². The molecule has 0 saturated carbocycles. The van der Waals surface area contributed by atoms with Gasteiger partial charge in [0.05, 0.1) is 14.3 Å². The lowest BCUT2D eigenvalue weighted by Crippen LogP contribution is -2.06. The van der Waals surface area contributed by atoms with Crippen LogP contribution in [0.1, 0.15) is 12.6 Å². The maximum absolute atomic E-state index is 6.12. The van der Waals surface area contributed by atoms with Crippen molar-refractivity contribution in [3.05, 3.63) is 32.6 Å². The minimum atomic E-state index is 0.550. The molecule has 0 fully saturated rings. The number of pyridine rings is 1. The van der Waals surface area contributed by atoms with Crippen molar-refractivity contribution < 1.29 is 0 Å². The summed E-state index contributed by atoms with van der Waals surface area (Å²) in [5, 5.41) is 3.77. The van der Waals surface area contributed by atoms with E-state index in [1.807, 2.05) is 13.8 Å². The first-order chi connectivity index (χ1) is 8.63. The van der Waals surface area contributed by atoms with Gasteiger partial charge < -0.3 is 5.32 Å². The fraction of sp³-hybridized carbons (Fsp3) is 0.250. The molecule has 6 heteroatoms. The van der Waals surface area contributed by atoms with Crippen LogP contribution in [0.5, 0.6) is 0 Å². The molecule has 0 atom stereocenters. The molecule has 1 N–H and O–H groups in total. The maximum atomic E-state index is 6.12. The molecule has 0 unspecified atom stereocenters. The van der Waals surface area contributed by atoms with E-state index in [1.165, 1.54) is 0 Å². The minimum Gasteiger partial charge on any atom is -0.369 e. The van der Waals surface area contributed by atoms with Crippen molar-refractivity contribution in [1.29, 1.82) is 0 Å². The van der Waals surface area contributed by atoms with Gasteiger partial charge in [-0.05, 0) is 48.6 Å². The summed E-state index contributed by atoms with van der Waals surface area (Å²) in [7, 11) is 0. The lowest BCUT2D eigenvalue weighted by Gasteiger charge is -2.10. The Morgan fingerprint density at radius 3 is 2.83 bits per heavy atom. The normalized spacial score (nSPS) is 10.4. The maximum Gasteiger partial charge on any atom is 0.182 e. The lowest BCUT2D eigenvalue weighted by molar-refractivity contribution is 1.05. The zero-order valence-corrected chi connectivity index (χ0v) is 13.0. The molecule has 2 aromatic rings. The van der Waals surface area contributed by atoms with Gasteiger partial charge in [-0.25, -0.2) is 9.97 Å². The number of hydrogen-bond acceptors (Lipinski definition) is 4. The molecule has 2 heterocycles.